The molecule has 120 valence electrons. The molecule has 1 N–H and O–H groups in total. The van der Waals surface area contributed by atoms with Gasteiger partial charge in [-0.3, -0.25) is 9.59 Å². The lowest BCUT2D eigenvalue weighted by atomic mass is 10.1. The van der Waals surface area contributed by atoms with Gasteiger partial charge < -0.3 is 10.2 Å². The average molecular weight is 302 g/mol. The maximum Gasteiger partial charge on any atom is 0.226 e. The Balaban J connectivity index is 1.90. The number of rotatable bonds is 5. The Labute approximate surface area is 132 Å². The summed E-state index contributed by atoms with van der Waals surface area (Å²) in [6.45, 7) is 6.10. The third kappa shape index (κ3) is 4.33. The first-order valence-electron chi connectivity index (χ1n) is 8.11. The van der Waals surface area contributed by atoms with Gasteiger partial charge in [0, 0.05) is 31.6 Å². The molecule has 1 aliphatic rings. The smallest absolute Gasteiger partial charge is 0.226 e. The fourth-order valence-corrected chi connectivity index (χ4v) is 3.12. The number of hydrogen-bond donors (Lipinski definition) is 1. The number of nitrogens with zero attached hydrogens (tertiary/aromatic N) is 1. The first kappa shape index (κ1) is 16.5. The minimum atomic E-state index is -0.0297. The Kier molecular flexibility index (Phi) is 5.58. The summed E-state index contributed by atoms with van der Waals surface area (Å²) >= 11 is 0. The lowest BCUT2D eigenvalue weighted by Crippen LogP contribution is -2.39. The molecule has 1 aliphatic carbocycles. The van der Waals surface area contributed by atoms with Gasteiger partial charge in [-0.1, -0.05) is 25.0 Å². The third-order valence-electron chi connectivity index (χ3n) is 4.42. The van der Waals surface area contributed by atoms with E-state index < -0.39 is 0 Å². The van der Waals surface area contributed by atoms with Crippen molar-refractivity contribution in [3.05, 3.63) is 29.3 Å². The maximum atomic E-state index is 12.2. The van der Waals surface area contributed by atoms with Gasteiger partial charge in [-0.2, -0.15) is 0 Å². The van der Waals surface area contributed by atoms with Crippen molar-refractivity contribution < 1.29 is 9.59 Å². The zero-order valence-corrected chi connectivity index (χ0v) is 13.8. The van der Waals surface area contributed by atoms with Gasteiger partial charge in [0.25, 0.3) is 0 Å². The molecule has 4 nitrogen and oxygen atoms in total. The van der Waals surface area contributed by atoms with E-state index >= 15 is 0 Å². The molecule has 0 heterocycles. The Morgan fingerprint density at radius 1 is 1.23 bits per heavy atom. The van der Waals surface area contributed by atoms with Crippen molar-refractivity contribution in [1.29, 1.82) is 0 Å². The lowest BCUT2D eigenvalue weighted by Gasteiger charge is -2.27. The summed E-state index contributed by atoms with van der Waals surface area (Å²) in [4.78, 5) is 25.8. The van der Waals surface area contributed by atoms with Crippen LogP contribution >= 0.6 is 0 Å². The van der Waals surface area contributed by atoms with Gasteiger partial charge in [0.1, 0.15) is 0 Å². The predicted molar refractivity (Wildman–Crippen MR) is 88.8 cm³/mol. The van der Waals surface area contributed by atoms with Gasteiger partial charge in [0.15, 0.2) is 0 Å². The number of aryl methyl sites for hydroxylation is 2. The molecule has 0 spiro atoms. The van der Waals surface area contributed by atoms with Crippen LogP contribution in [0.25, 0.3) is 0 Å². The molecule has 22 heavy (non-hydrogen) atoms. The largest absolute Gasteiger partial charge is 0.339 e. The number of carbonyl (C=O) groups excluding carboxylic acids is 2. The van der Waals surface area contributed by atoms with E-state index in [-0.39, 0.29) is 11.8 Å². The van der Waals surface area contributed by atoms with E-state index in [9.17, 15) is 9.59 Å². The topological polar surface area (TPSA) is 49.4 Å². The van der Waals surface area contributed by atoms with Crippen molar-refractivity contribution in [2.24, 2.45) is 0 Å². The van der Waals surface area contributed by atoms with E-state index in [1.807, 2.05) is 36.9 Å². The highest BCUT2D eigenvalue weighted by Gasteiger charge is 2.24. The molecule has 1 aromatic carbocycles. The van der Waals surface area contributed by atoms with Gasteiger partial charge in [0.2, 0.25) is 11.8 Å². The normalized spacial score (nSPS) is 14.9. The Bertz CT molecular complexity index is 548. The molecule has 0 atom stereocenters. The SMILES string of the molecule is CC(=O)N(CCC(=O)Nc1cc(C)ccc1C)C1CCCC1. The van der Waals surface area contributed by atoms with Crippen LogP contribution in [0.15, 0.2) is 18.2 Å². The van der Waals surface area contributed by atoms with E-state index in [2.05, 4.69) is 5.32 Å². The lowest BCUT2D eigenvalue weighted by molar-refractivity contribution is -0.131. The molecule has 1 saturated carbocycles. The fraction of sp³-hybridized carbons (Fsp3) is 0.556. The number of nitrogens with one attached hydrogen (secondary N) is 1. The molecule has 0 saturated heterocycles. The van der Waals surface area contributed by atoms with Crippen molar-refractivity contribution in [3.8, 4) is 0 Å². The number of carbonyl (C=O) groups is 2. The highest BCUT2D eigenvalue weighted by molar-refractivity contribution is 5.92. The average Bonchev–Trinajstić information content (AvgIpc) is 2.96. The van der Waals surface area contributed by atoms with Crippen LogP contribution in [0.3, 0.4) is 0 Å². The molecular weight excluding hydrogens is 276 g/mol. The Morgan fingerprint density at radius 3 is 2.55 bits per heavy atom. The van der Waals surface area contributed by atoms with Gasteiger partial charge in [-0.25, -0.2) is 0 Å². The van der Waals surface area contributed by atoms with Crippen LogP contribution in [0.1, 0.15) is 50.2 Å². The summed E-state index contributed by atoms with van der Waals surface area (Å²) in [6.07, 6.45) is 4.85. The van der Waals surface area contributed by atoms with Crippen molar-refractivity contribution in [2.45, 2.75) is 58.9 Å². The number of anilines is 1. The predicted octanol–water partition coefficient (Wildman–Crippen LogP) is 3.42. The monoisotopic (exact) mass is 302 g/mol. The molecule has 0 radical (unpaired) electrons. The van der Waals surface area contributed by atoms with E-state index in [0.717, 1.165) is 29.7 Å². The van der Waals surface area contributed by atoms with Crippen LogP contribution in [-0.4, -0.2) is 29.3 Å². The Hall–Kier alpha value is -1.84. The van der Waals surface area contributed by atoms with Crippen LogP contribution in [0.5, 0.6) is 0 Å². The molecule has 0 unspecified atom stereocenters. The molecule has 0 aromatic heterocycles. The summed E-state index contributed by atoms with van der Waals surface area (Å²) < 4.78 is 0. The molecule has 1 aromatic rings. The van der Waals surface area contributed by atoms with E-state index in [1.54, 1.807) is 6.92 Å². The molecule has 0 aliphatic heterocycles. The standard InChI is InChI=1S/C18H26N2O2/c1-13-8-9-14(2)17(12-13)19-18(22)10-11-20(15(3)21)16-6-4-5-7-16/h8-9,12,16H,4-7,10-11H2,1-3H3,(H,19,22). The maximum absolute atomic E-state index is 12.2. The van der Waals surface area contributed by atoms with Crippen molar-refractivity contribution in [3.63, 3.8) is 0 Å². The Morgan fingerprint density at radius 2 is 1.91 bits per heavy atom. The zero-order valence-electron chi connectivity index (χ0n) is 13.8. The van der Waals surface area contributed by atoms with Crippen LogP contribution in [0.4, 0.5) is 5.69 Å². The van der Waals surface area contributed by atoms with Crippen molar-refractivity contribution in [1.82, 2.24) is 4.90 Å². The molecule has 1 fully saturated rings. The molecule has 2 rings (SSSR count). The minimum Gasteiger partial charge on any atom is -0.339 e. The first-order chi connectivity index (χ1) is 10.5. The summed E-state index contributed by atoms with van der Waals surface area (Å²) in [5.41, 5.74) is 3.04. The van der Waals surface area contributed by atoms with Crippen molar-refractivity contribution in [2.75, 3.05) is 11.9 Å². The molecule has 4 heteroatoms. The quantitative estimate of drug-likeness (QED) is 0.906. The van der Waals surface area contributed by atoms with E-state index in [4.69, 9.17) is 0 Å². The second-order valence-corrected chi connectivity index (χ2v) is 6.27. The highest BCUT2D eigenvalue weighted by Crippen LogP contribution is 2.24. The molecule has 2 amide bonds. The number of benzene rings is 1. The van der Waals surface area contributed by atoms with Crippen LogP contribution in [0.2, 0.25) is 0 Å². The second kappa shape index (κ2) is 7.43. The van der Waals surface area contributed by atoms with Crippen LogP contribution in [-0.2, 0) is 9.59 Å². The van der Waals surface area contributed by atoms with Gasteiger partial charge in [0.05, 0.1) is 0 Å². The summed E-state index contributed by atoms with van der Waals surface area (Å²) in [7, 11) is 0. The summed E-state index contributed by atoms with van der Waals surface area (Å²) in [5, 5.41) is 2.96. The summed E-state index contributed by atoms with van der Waals surface area (Å²) in [5.74, 6) is 0.0457. The summed E-state index contributed by atoms with van der Waals surface area (Å²) in [6, 6.07) is 6.34. The molecular formula is C18H26N2O2. The number of amides is 2. The second-order valence-electron chi connectivity index (χ2n) is 6.27. The molecule has 0 bridgehead atoms. The highest BCUT2D eigenvalue weighted by atomic mass is 16.2. The van der Waals surface area contributed by atoms with Crippen LogP contribution in [0, 0.1) is 13.8 Å². The van der Waals surface area contributed by atoms with Crippen molar-refractivity contribution >= 4 is 17.5 Å². The minimum absolute atomic E-state index is 0.0297. The third-order valence-corrected chi connectivity index (χ3v) is 4.42. The van der Waals surface area contributed by atoms with E-state index in [1.165, 1.54) is 12.8 Å². The zero-order chi connectivity index (χ0) is 16.1. The van der Waals surface area contributed by atoms with Crippen LogP contribution < -0.4 is 5.32 Å². The van der Waals surface area contributed by atoms with E-state index in [0.29, 0.717) is 19.0 Å². The van der Waals surface area contributed by atoms with Gasteiger partial charge >= 0.3 is 0 Å². The van der Waals surface area contributed by atoms with Gasteiger partial charge in [-0.05, 0) is 43.9 Å². The fourth-order valence-electron chi connectivity index (χ4n) is 3.12. The van der Waals surface area contributed by atoms with Gasteiger partial charge in [-0.15, -0.1) is 0 Å². The number of hydrogen-bond acceptors (Lipinski definition) is 2. The first-order valence-corrected chi connectivity index (χ1v) is 8.11.